The normalized spacial score (nSPS) is 10.9. The van der Waals surface area contributed by atoms with Gasteiger partial charge in [0.25, 0.3) is 0 Å². The summed E-state index contributed by atoms with van der Waals surface area (Å²) in [4.78, 5) is 28.8. The lowest BCUT2D eigenvalue weighted by molar-refractivity contribution is 0.100. The number of rotatable bonds is 8. The van der Waals surface area contributed by atoms with Crippen molar-refractivity contribution >= 4 is 11.6 Å². The third-order valence-corrected chi connectivity index (χ3v) is 5.27. The van der Waals surface area contributed by atoms with Gasteiger partial charge in [0.15, 0.2) is 5.78 Å². The van der Waals surface area contributed by atoms with Crippen LogP contribution in [0, 0.1) is 0 Å². The second-order valence-corrected chi connectivity index (χ2v) is 7.89. The topological polar surface area (TPSA) is 64.4 Å². The molecule has 0 atom stereocenters. The van der Waals surface area contributed by atoms with Gasteiger partial charge in [-0.2, -0.15) is 5.10 Å². The zero-order valence-electron chi connectivity index (χ0n) is 19.3. The van der Waals surface area contributed by atoms with Gasteiger partial charge in [-0.3, -0.25) is 9.59 Å². The van der Waals surface area contributed by atoms with Crippen LogP contribution >= 0.6 is 0 Å². The molecule has 4 rings (SSSR count). The Hall–Kier alpha value is -4.45. The molecule has 0 bridgehead atoms. The summed E-state index contributed by atoms with van der Waals surface area (Å²) in [6.45, 7) is 0. The van der Waals surface area contributed by atoms with Crippen LogP contribution in [-0.4, -0.2) is 47.5 Å². The highest BCUT2D eigenvalue weighted by Gasteiger charge is 2.29. The third kappa shape index (κ3) is 4.66. The summed E-state index contributed by atoms with van der Waals surface area (Å²) in [5.74, 6) is 0.0845. The van der Waals surface area contributed by atoms with Crippen LogP contribution in [-0.2, 0) is 0 Å². The van der Waals surface area contributed by atoms with Crippen molar-refractivity contribution in [1.82, 2.24) is 14.7 Å². The zero-order valence-corrected chi connectivity index (χ0v) is 19.3. The van der Waals surface area contributed by atoms with Crippen LogP contribution in [0.5, 0.6) is 5.75 Å². The first-order valence-electron chi connectivity index (χ1n) is 10.8. The molecule has 170 valence electrons. The number of carbonyl (C=O) groups is 2. The summed E-state index contributed by atoms with van der Waals surface area (Å²) in [5, 5.41) is 4.67. The van der Waals surface area contributed by atoms with Gasteiger partial charge < -0.3 is 9.64 Å². The van der Waals surface area contributed by atoms with Crippen molar-refractivity contribution in [2.45, 2.75) is 0 Å². The Balaban J connectivity index is 2.01. The molecule has 3 aromatic carbocycles. The Morgan fingerprint density at radius 1 is 0.882 bits per heavy atom. The number of carbonyl (C=O) groups excluding carboxylic acids is 2. The molecule has 0 spiro atoms. The van der Waals surface area contributed by atoms with Crippen LogP contribution in [0.2, 0.25) is 0 Å². The fourth-order valence-electron chi connectivity index (χ4n) is 3.61. The minimum absolute atomic E-state index is 0.0987. The standard InChI is InChI=1S/C28H25N3O3/c1-30(2)19-18-24(32)26-25(28(33)21-12-8-5-9-13-21)27(20-10-6-4-7-11-20)31(29-26)22-14-16-23(34-3)17-15-22/h4-19H,1-3H3/b19-18+. The van der Waals surface area contributed by atoms with Crippen molar-refractivity contribution in [1.29, 1.82) is 0 Å². The second-order valence-electron chi connectivity index (χ2n) is 7.89. The predicted octanol–water partition coefficient (Wildman–Crippen LogP) is 5.04. The van der Waals surface area contributed by atoms with Crippen molar-refractivity contribution < 1.29 is 14.3 Å². The van der Waals surface area contributed by atoms with Crippen LogP contribution in [0.15, 0.2) is 97.2 Å². The van der Waals surface area contributed by atoms with E-state index in [0.717, 1.165) is 5.56 Å². The Morgan fingerprint density at radius 3 is 2.09 bits per heavy atom. The number of ether oxygens (including phenoxy) is 1. The van der Waals surface area contributed by atoms with Crippen molar-refractivity contribution in [3.63, 3.8) is 0 Å². The van der Waals surface area contributed by atoms with Crippen molar-refractivity contribution in [3.05, 3.63) is 114 Å². The highest BCUT2D eigenvalue weighted by atomic mass is 16.5. The number of hydrogen-bond donors (Lipinski definition) is 0. The molecule has 6 nitrogen and oxygen atoms in total. The van der Waals surface area contributed by atoms with E-state index >= 15 is 0 Å². The van der Waals surface area contributed by atoms with E-state index < -0.39 is 0 Å². The SMILES string of the molecule is COc1ccc(-n2nc(C(=O)/C=C/N(C)C)c(C(=O)c3ccccc3)c2-c2ccccc2)cc1. The fraction of sp³-hybridized carbons (Fsp3) is 0.107. The maximum atomic E-state index is 13.8. The molecule has 1 heterocycles. The molecule has 0 fully saturated rings. The molecule has 0 aliphatic heterocycles. The molecule has 0 amide bonds. The van der Waals surface area contributed by atoms with Gasteiger partial charge in [0.05, 0.1) is 24.1 Å². The molecule has 0 aliphatic rings. The smallest absolute Gasteiger partial charge is 0.208 e. The van der Waals surface area contributed by atoms with E-state index in [0.29, 0.717) is 22.7 Å². The largest absolute Gasteiger partial charge is 0.497 e. The molecule has 4 aromatic rings. The number of hydrogen-bond acceptors (Lipinski definition) is 5. The number of nitrogens with zero attached hydrogens (tertiary/aromatic N) is 3. The quantitative estimate of drug-likeness (QED) is 0.278. The van der Waals surface area contributed by atoms with Crippen LogP contribution in [0.3, 0.4) is 0 Å². The van der Waals surface area contributed by atoms with Crippen LogP contribution in [0.4, 0.5) is 0 Å². The van der Waals surface area contributed by atoms with Gasteiger partial charge in [-0.15, -0.1) is 0 Å². The van der Waals surface area contributed by atoms with E-state index in [2.05, 4.69) is 5.10 Å². The van der Waals surface area contributed by atoms with Crippen LogP contribution in [0.1, 0.15) is 26.4 Å². The van der Waals surface area contributed by atoms with E-state index in [4.69, 9.17) is 4.74 Å². The van der Waals surface area contributed by atoms with E-state index in [1.807, 2.05) is 74.8 Å². The predicted molar refractivity (Wildman–Crippen MR) is 133 cm³/mol. The van der Waals surface area contributed by atoms with Gasteiger partial charge in [-0.05, 0) is 24.3 Å². The molecule has 0 aliphatic carbocycles. The molecule has 0 radical (unpaired) electrons. The van der Waals surface area contributed by atoms with Gasteiger partial charge in [0.2, 0.25) is 5.78 Å². The molecular weight excluding hydrogens is 426 g/mol. The first-order valence-corrected chi connectivity index (χ1v) is 10.8. The lowest BCUT2D eigenvalue weighted by Gasteiger charge is -2.11. The van der Waals surface area contributed by atoms with Crippen LogP contribution in [0.25, 0.3) is 16.9 Å². The Labute approximate surface area is 198 Å². The Kier molecular flexibility index (Phi) is 6.69. The lowest BCUT2D eigenvalue weighted by atomic mass is 9.96. The van der Waals surface area contributed by atoms with E-state index in [-0.39, 0.29) is 22.8 Å². The monoisotopic (exact) mass is 451 g/mol. The third-order valence-electron chi connectivity index (χ3n) is 5.27. The Bertz CT molecular complexity index is 1320. The lowest BCUT2D eigenvalue weighted by Crippen LogP contribution is -2.10. The fourth-order valence-corrected chi connectivity index (χ4v) is 3.61. The number of ketones is 2. The number of benzene rings is 3. The number of aromatic nitrogens is 2. The highest BCUT2D eigenvalue weighted by Crippen LogP contribution is 2.32. The van der Waals surface area contributed by atoms with E-state index in [1.165, 1.54) is 6.08 Å². The molecule has 1 aromatic heterocycles. The van der Waals surface area contributed by atoms with E-state index in [1.54, 1.807) is 47.2 Å². The highest BCUT2D eigenvalue weighted by molar-refractivity contribution is 6.20. The summed E-state index contributed by atoms with van der Waals surface area (Å²) in [6.07, 6.45) is 3.07. The van der Waals surface area contributed by atoms with Gasteiger partial charge in [0.1, 0.15) is 11.4 Å². The molecule has 0 saturated carbocycles. The van der Waals surface area contributed by atoms with Gasteiger partial charge in [-0.25, -0.2) is 4.68 Å². The van der Waals surface area contributed by atoms with E-state index in [9.17, 15) is 9.59 Å². The molecule has 0 unspecified atom stereocenters. The number of allylic oxidation sites excluding steroid dienone is 1. The second kappa shape index (κ2) is 10.0. The zero-order chi connectivity index (χ0) is 24.1. The molecule has 0 saturated heterocycles. The summed E-state index contributed by atoms with van der Waals surface area (Å²) in [7, 11) is 5.25. The minimum atomic E-state index is -0.350. The summed E-state index contributed by atoms with van der Waals surface area (Å²) in [5.41, 5.74) is 2.89. The van der Waals surface area contributed by atoms with Gasteiger partial charge in [-0.1, -0.05) is 60.7 Å². The Morgan fingerprint density at radius 2 is 1.50 bits per heavy atom. The summed E-state index contributed by atoms with van der Waals surface area (Å²) < 4.78 is 6.94. The van der Waals surface area contributed by atoms with Crippen LogP contribution < -0.4 is 4.74 Å². The molecule has 0 N–H and O–H groups in total. The average Bonchev–Trinajstić information content (AvgIpc) is 3.28. The minimum Gasteiger partial charge on any atom is -0.497 e. The number of methoxy groups -OCH3 is 1. The van der Waals surface area contributed by atoms with Gasteiger partial charge >= 0.3 is 0 Å². The molecule has 6 heteroatoms. The average molecular weight is 452 g/mol. The summed E-state index contributed by atoms with van der Waals surface area (Å²) in [6, 6.07) is 25.8. The van der Waals surface area contributed by atoms with Crippen molar-refractivity contribution in [2.75, 3.05) is 21.2 Å². The van der Waals surface area contributed by atoms with Crippen molar-refractivity contribution in [2.24, 2.45) is 0 Å². The summed E-state index contributed by atoms with van der Waals surface area (Å²) >= 11 is 0. The molecule has 34 heavy (non-hydrogen) atoms. The maximum absolute atomic E-state index is 13.8. The maximum Gasteiger partial charge on any atom is 0.208 e. The van der Waals surface area contributed by atoms with Crippen molar-refractivity contribution in [3.8, 4) is 22.7 Å². The first kappa shape index (κ1) is 22.7. The van der Waals surface area contributed by atoms with Gasteiger partial charge in [0, 0.05) is 37.5 Å². The molecular formula is C28H25N3O3. The first-order chi connectivity index (χ1) is 16.5.